The second-order valence-electron chi connectivity index (χ2n) is 7.39. The van der Waals surface area contributed by atoms with Gasteiger partial charge in [-0.3, -0.25) is 9.97 Å². The van der Waals surface area contributed by atoms with Crippen molar-refractivity contribution in [2.45, 2.75) is 49.8 Å². The SMILES string of the molecule is CCCC1(CCOc2ccnc(C[S+]([O-])c3nc4ccccc4[nH]3)c2C)OCCO1.[Na]. The van der Waals surface area contributed by atoms with E-state index in [-0.39, 0.29) is 35.3 Å². The molecule has 0 bridgehead atoms. The van der Waals surface area contributed by atoms with Gasteiger partial charge in [0.25, 0.3) is 0 Å². The molecule has 1 aromatic carbocycles. The van der Waals surface area contributed by atoms with E-state index < -0.39 is 17.0 Å². The third kappa shape index (κ3) is 5.82. The van der Waals surface area contributed by atoms with Gasteiger partial charge in [0.2, 0.25) is 0 Å². The van der Waals surface area contributed by atoms with Gasteiger partial charge in [-0.05, 0) is 25.1 Å². The van der Waals surface area contributed by atoms with E-state index >= 15 is 0 Å². The number of nitrogens with zero attached hydrogens (tertiary/aromatic N) is 2. The molecule has 3 aromatic rings. The Kier molecular flexibility index (Phi) is 8.81. The van der Waals surface area contributed by atoms with Gasteiger partial charge in [0.15, 0.2) is 11.5 Å². The van der Waals surface area contributed by atoms with Crippen LogP contribution < -0.4 is 4.74 Å². The van der Waals surface area contributed by atoms with E-state index in [1.54, 1.807) is 6.20 Å². The van der Waals surface area contributed by atoms with Crippen molar-refractivity contribution in [2.24, 2.45) is 0 Å². The van der Waals surface area contributed by atoms with Crippen LogP contribution in [-0.4, -0.2) is 74.7 Å². The first-order valence-corrected chi connectivity index (χ1v) is 11.6. The molecule has 31 heavy (non-hydrogen) atoms. The summed E-state index contributed by atoms with van der Waals surface area (Å²) in [6, 6.07) is 9.49. The molecule has 161 valence electrons. The summed E-state index contributed by atoms with van der Waals surface area (Å²) in [5.41, 5.74) is 3.31. The van der Waals surface area contributed by atoms with Crippen molar-refractivity contribution in [3.63, 3.8) is 0 Å². The molecule has 1 fully saturated rings. The molecule has 1 atom stereocenters. The molecular formula is C22H27N3NaO4S. The molecule has 3 heterocycles. The van der Waals surface area contributed by atoms with E-state index in [1.165, 1.54) is 0 Å². The first-order valence-electron chi connectivity index (χ1n) is 10.3. The summed E-state index contributed by atoms with van der Waals surface area (Å²) in [5, 5.41) is 0.459. The number of nitrogens with one attached hydrogen (secondary N) is 1. The summed E-state index contributed by atoms with van der Waals surface area (Å²) < 4.78 is 30.5. The van der Waals surface area contributed by atoms with Crippen LogP contribution in [0.1, 0.15) is 37.4 Å². The summed E-state index contributed by atoms with van der Waals surface area (Å²) in [6.45, 7) is 5.81. The topological polar surface area (TPSA) is 92.3 Å². The van der Waals surface area contributed by atoms with E-state index in [0.717, 1.165) is 40.9 Å². The Bertz CT molecular complexity index is 961. The number of aromatic nitrogens is 3. The summed E-state index contributed by atoms with van der Waals surface area (Å²) in [4.78, 5) is 12.0. The maximum atomic E-state index is 12.9. The number of para-hydroxylation sites is 2. The average Bonchev–Trinajstić information content (AvgIpc) is 3.38. The average molecular weight is 453 g/mol. The largest absolute Gasteiger partial charge is 0.609 e. The van der Waals surface area contributed by atoms with Gasteiger partial charge >= 0.3 is 5.16 Å². The fourth-order valence-electron chi connectivity index (χ4n) is 3.70. The van der Waals surface area contributed by atoms with Gasteiger partial charge in [0, 0.05) is 65.3 Å². The van der Waals surface area contributed by atoms with Gasteiger partial charge in [0.05, 0.1) is 36.5 Å². The minimum Gasteiger partial charge on any atom is -0.609 e. The number of H-pyrrole nitrogens is 1. The minimum absolute atomic E-state index is 0. The molecule has 4 rings (SSSR count). The smallest absolute Gasteiger partial charge is 0.322 e. The quantitative estimate of drug-likeness (QED) is 0.395. The van der Waals surface area contributed by atoms with Crippen LogP contribution in [-0.2, 0) is 26.4 Å². The van der Waals surface area contributed by atoms with Crippen LogP contribution in [0.25, 0.3) is 11.0 Å². The van der Waals surface area contributed by atoms with Gasteiger partial charge < -0.3 is 18.8 Å². The number of hydrogen-bond donors (Lipinski definition) is 1. The summed E-state index contributed by atoms with van der Waals surface area (Å²) in [5.74, 6) is 0.488. The third-order valence-corrected chi connectivity index (χ3v) is 6.46. The number of benzene rings is 1. The van der Waals surface area contributed by atoms with Gasteiger partial charge in [-0.15, -0.1) is 0 Å². The van der Waals surface area contributed by atoms with Gasteiger partial charge in [-0.25, -0.2) is 0 Å². The zero-order valence-electron chi connectivity index (χ0n) is 18.3. The molecular weight excluding hydrogens is 425 g/mol. The first kappa shape index (κ1) is 24.5. The number of ether oxygens (including phenoxy) is 3. The maximum Gasteiger partial charge on any atom is 0.322 e. The summed E-state index contributed by atoms with van der Waals surface area (Å²) in [6.07, 6.45) is 4.21. The standard InChI is InChI=1S/C22H27N3O4S.Na/c1-3-9-22(28-13-14-29-22)10-12-27-20-8-11-23-19(16(20)2)15-30(26)21-24-17-6-4-5-7-18(17)25-21;/h4-8,11H,3,9-10,12-15H2,1-2H3,(H,24,25);. The Morgan fingerprint density at radius 1 is 1.19 bits per heavy atom. The van der Waals surface area contributed by atoms with Crippen LogP contribution in [0, 0.1) is 6.92 Å². The van der Waals surface area contributed by atoms with Crippen molar-refractivity contribution in [2.75, 3.05) is 19.8 Å². The Morgan fingerprint density at radius 2 is 1.97 bits per heavy atom. The van der Waals surface area contributed by atoms with Crippen molar-refractivity contribution >= 4 is 51.8 Å². The number of hydrogen-bond acceptors (Lipinski definition) is 6. The van der Waals surface area contributed by atoms with Gasteiger partial charge in [-0.1, -0.05) is 25.5 Å². The van der Waals surface area contributed by atoms with Gasteiger partial charge in [-0.2, -0.15) is 4.98 Å². The molecule has 1 unspecified atom stereocenters. The summed E-state index contributed by atoms with van der Waals surface area (Å²) in [7, 11) is 0. The third-order valence-electron chi connectivity index (χ3n) is 5.29. The predicted octanol–water partition coefficient (Wildman–Crippen LogP) is 3.51. The van der Waals surface area contributed by atoms with Crippen molar-refractivity contribution in [3.05, 3.63) is 47.8 Å². The van der Waals surface area contributed by atoms with E-state index in [9.17, 15) is 4.55 Å². The van der Waals surface area contributed by atoms with Crippen LogP contribution in [0.5, 0.6) is 5.75 Å². The molecule has 0 saturated carbocycles. The minimum atomic E-state index is -1.33. The van der Waals surface area contributed by atoms with Gasteiger partial charge in [0.1, 0.15) is 5.75 Å². The van der Waals surface area contributed by atoms with Crippen LogP contribution in [0.4, 0.5) is 0 Å². The molecule has 0 aliphatic carbocycles. The van der Waals surface area contributed by atoms with E-state index in [2.05, 4.69) is 21.9 Å². The summed E-state index contributed by atoms with van der Waals surface area (Å²) >= 11 is -1.33. The maximum absolute atomic E-state index is 12.9. The van der Waals surface area contributed by atoms with Crippen LogP contribution in [0.15, 0.2) is 41.7 Å². The second kappa shape index (κ2) is 11.1. The Hall–Kier alpha value is -1.13. The Morgan fingerprint density at radius 3 is 2.71 bits per heavy atom. The molecule has 1 saturated heterocycles. The molecule has 0 amide bonds. The molecule has 1 radical (unpaired) electrons. The fourth-order valence-corrected chi connectivity index (χ4v) is 4.80. The van der Waals surface area contributed by atoms with Crippen LogP contribution >= 0.6 is 0 Å². The van der Waals surface area contributed by atoms with Crippen molar-refractivity contribution in [1.29, 1.82) is 0 Å². The predicted molar refractivity (Wildman–Crippen MR) is 121 cm³/mol. The van der Waals surface area contributed by atoms with Crippen molar-refractivity contribution < 1.29 is 18.8 Å². The van der Waals surface area contributed by atoms with Crippen LogP contribution in [0.2, 0.25) is 0 Å². The second-order valence-corrected chi connectivity index (χ2v) is 8.75. The fraction of sp³-hybridized carbons (Fsp3) is 0.455. The zero-order chi connectivity index (χ0) is 21.0. The number of rotatable bonds is 9. The van der Waals surface area contributed by atoms with E-state index in [4.69, 9.17) is 14.2 Å². The zero-order valence-corrected chi connectivity index (χ0v) is 21.2. The molecule has 0 spiro atoms. The normalized spacial score (nSPS) is 16.2. The van der Waals surface area contributed by atoms with Crippen molar-refractivity contribution in [1.82, 2.24) is 15.0 Å². The number of fused-ring (bicyclic) bond motifs is 1. The molecule has 1 N–H and O–H groups in total. The van der Waals surface area contributed by atoms with E-state index in [1.807, 2.05) is 37.3 Å². The Balaban J connectivity index is 0.00000272. The first-order chi connectivity index (χ1) is 14.6. The molecule has 7 nitrogen and oxygen atoms in total. The van der Waals surface area contributed by atoms with Crippen molar-refractivity contribution in [3.8, 4) is 5.75 Å². The van der Waals surface area contributed by atoms with Crippen LogP contribution in [0.3, 0.4) is 0 Å². The monoisotopic (exact) mass is 452 g/mol. The number of pyridine rings is 1. The molecule has 1 aliphatic heterocycles. The number of aromatic amines is 1. The Labute approximate surface area is 207 Å². The molecule has 2 aromatic heterocycles. The molecule has 9 heteroatoms. The number of imidazole rings is 1. The molecule has 1 aliphatic rings. The van der Waals surface area contributed by atoms with E-state index in [0.29, 0.717) is 31.4 Å².